The lowest BCUT2D eigenvalue weighted by atomic mass is 9.92. The first kappa shape index (κ1) is 21.4. The summed E-state index contributed by atoms with van der Waals surface area (Å²) in [6.07, 6.45) is 0.287. The van der Waals surface area contributed by atoms with Gasteiger partial charge in [-0.1, -0.05) is 51.1 Å². The van der Waals surface area contributed by atoms with Crippen LogP contribution in [0.2, 0.25) is 0 Å². The minimum atomic E-state index is -4.00. The zero-order chi connectivity index (χ0) is 20.8. The fraction of sp³-hybridized carbons (Fsp3) is 0.300. The van der Waals surface area contributed by atoms with E-state index in [1.165, 1.54) is 0 Å². The number of rotatable bonds is 7. The molecule has 2 amide bonds. The minimum Gasteiger partial charge on any atom is -0.326 e. The predicted octanol–water partition coefficient (Wildman–Crippen LogP) is 3.08. The third kappa shape index (κ3) is 7.79. The van der Waals surface area contributed by atoms with Crippen molar-refractivity contribution in [2.45, 2.75) is 33.6 Å². The molecule has 0 spiro atoms. The largest absolute Gasteiger partial charge is 0.326 e. The number of anilines is 2. The van der Waals surface area contributed by atoms with Crippen molar-refractivity contribution in [3.8, 4) is 0 Å². The lowest BCUT2D eigenvalue weighted by Gasteiger charge is -2.17. The second-order valence-corrected chi connectivity index (χ2v) is 9.07. The van der Waals surface area contributed by atoms with Crippen LogP contribution in [0.4, 0.5) is 11.4 Å². The van der Waals surface area contributed by atoms with Crippen LogP contribution in [0, 0.1) is 5.41 Å². The fourth-order valence-electron chi connectivity index (χ4n) is 2.45. The van der Waals surface area contributed by atoms with Crippen LogP contribution in [0.3, 0.4) is 0 Å². The Morgan fingerprint density at radius 2 is 1.46 bits per heavy atom. The van der Waals surface area contributed by atoms with Gasteiger partial charge in [0.25, 0.3) is 0 Å². The molecule has 0 atom stereocenters. The zero-order valence-electron chi connectivity index (χ0n) is 16.2. The molecule has 0 radical (unpaired) electrons. The summed E-state index contributed by atoms with van der Waals surface area (Å²) in [5.41, 5.74) is 1.50. The highest BCUT2D eigenvalue weighted by Gasteiger charge is 2.17. The van der Waals surface area contributed by atoms with E-state index in [1.807, 2.05) is 25.5 Å². The van der Waals surface area contributed by atoms with Crippen LogP contribution in [0.25, 0.3) is 0 Å². The molecule has 0 aliphatic carbocycles. The van der Waals surface area contributed by atoms with Crippen LogP contribution in [-0.4, -0.2) is 20.2 Å². The van der Waals surface area contributed by atoms with Crippen molar-refractivity contribution in [3.05, 3.63) is 60.2 Å². The van der Waals surface area contributed by atoms with Crippen molar-refractivity contribution in [1.29, 1.82) is 0 Å². The van der Waals surface area contributed by atoms with Gasteiger partial charge in [0, 0.05) is 12.1 Å². The quantitative estimate of drug-likeness (QED) is 0.661. The summed E-state index contributed by atoms with van der Waals surface area (Å²) < 4.78 is 28.3. The third-order valence-electron chi connectivity index (χ3n) is 3.57. The van der Waals surface area contributed by atoms with E-state index >= 15 is 0 Å². The van der Waals surface area contributed by atoms with Gasteiger partial charge in [-0.25, -0.2) is 4.72 Å². The molecule has 0 saturated carbocycles. The van der Waals surface area contributed by atoms with Gasteiger partial charge in [0.1, 0.15) is 0 Å². The Kier molecular flexibility index (Phi) is 6.80. The van der Waals surface area contributed by atoms with Gasteiger partial charge < -0.3 is 5.32 Å². The van der Waals surface area contributed by atoms with Gasteiger partial charge in [0.15, 0.2) is 0 Å². The number of para-hydroxylation sites is 1. The Morgan fingerprint density at radius 3 is 2.04 bits per heavy atom. The van der Waals surface area contributed by atoms with Crippen LogP contribution in [0.5, 0.6) is 0 Å². The number of amides is 2. The van der Waals surface area contributed by atoms with E-state index in [-0.39, 0.29) is 17.7 Å². The number of hydrogen-bond acceptors (Lipinski definition) is 4. The zero-order valence-corrected chi connectivity index (χ0v) is 17.0. The summed E-state index contributed by atoms with van der Waals surface area (Å²) in [6, 6.07) is 15.0. The lowest BCUT2D eigenvalue weighted by molar-refractivity contribution is -0.119. The molecule has 3 N–H and O–H groups in total. The molecule has 28 heavy (non-hydrogen) atoms. The Labute approximate surface area is 165 Å². The number of carbonyl (C=O) groups excluding carboxylic acids is 2. The van der Waals surface area contributed by atoms with Crippen molar-refractivity contribution in [3.63, 3.8) is 0 Å². The maximum atomic E-state index is 12.0. The topological polar surface area (TPSA) is 104 Å². The fourth-order valence-corrected chi connectivity index (χ4v) is 3.32. The van der Waals surface area contributed by atoms with Crippen molar-refractivity contribution in [2.24, 2.45) is 5.41 Å². The van der Waals surface area contributed by atoms with E-state index < -0.39 is 16.1 Å². The highest BCUT2D eigenvalue weighted by molar-refractivity contribution is 7.91. The second kappa shape index (κ2) is 8.88. The Balaban J connectivity index is 1.89. The van der Waals surface area contributed by atoms with E-state index in [9.17, 15) is 18.0 Å². The van der Waals surface area contributed by atoms with Gasteiger partial charge in [0.2, 0.25) is 11.8 Å². The SMILES string of the molecule is CC(C)(C)CC(=O)Nc1ccc(CC(=O)NS(=O)(=O)Nc2ccccc2)cc1. The van der Waals surface area contributed by atoms with E-state index in [0.29, 0.717) is 23.4 Å². The van der Waals surface area contributed by atoms with Crippen molar-refractivity contribution in [2.75, 3.05) is 10.0 Å². The molecule has 150 valence electrons. The van der Waals surface area contributed by atoms with E-state index in [0.717, 1.165) is 0 Å². The van der Waals surface area contributed by atoms with E-state index in [1.54, 1.807) is 54.6 Å². The monoisotopic (exact) mass is 403 g/mol. The molecule has 7 nitrogen and oxygen atoms in total. The molecule has 0 fully saturated rings. The van der Waals surface area contributed by atoms with Crippen molar-refractivity contribution < 1.29 is 18.0 Å². The molecule has 2 aromatic rings. The van der Waals surface area contributed by atoms with Gasteiger partial charge in [-0.05, 0) is 35.2 Å². The summed E-state index contributed by atoms with van der Waals surface area (Å²) in [5.74, 6) is -0.746. The van der Waals surface area contributed by atoms with Crippen molar-refractivity contribution in [1.82, 2.24) is 4.72 Å². The maximum absolute atomic E-state index is 12.0. The molecule has 8 heteroatoms. The molecule has 0 aliphatic rings. The van der Waals surface area contributed by atoms with Gasteiger partial charge in [-0.3, -0.25) is 14.3 Å². The molecule has 0 bridgehead atoms. The predicted molar refractivity (Wildman–Crippen MR) is 110 cm³/mol. The average Bonchev–Trinajstić information content (AvgIpc) is 2.54. The minimum absolute atomic E-state index is 0.0870. The number of hydrogen-bond donors (Lipinski definition) is 3. The molecule has 0 aromatic heterocycles. The summed E-state index contributed by atoms with van der Waals surface area (Å²) in [4.78, 5) is 24.0. The standard InChI is InChI=1S/C20H25N3O4S/c1-20(2,3)14-19(25)21-16-11-9-15(10-12-16)13-18(24)23-28(26,27)22-17-7-5-4-6-8-17/h4-12,22H,13-14H2,1-3H3,(H,21,25)(H,23,24). The molecule has 0 heterocycles. The van der Waals surface area contributed by atoms with Gasteiger partial charge >= 0.3 is 10.2 Å². The Bertz CT molecular complexity index is 918. The normalized spacial score (nSPS) is 11.5. The highest BCUT2D eigenvalue weighted by atomic mass is 32.2. The summed E-state index contributed by atoms with van der Waals surface area (Å²) >= 11 is 0. The Morgan fingerprint density at radius 1 is 0.857 bits per heavy atom. The second-order valence-electron chi connectivity index (χ2n) is 7.66. The Hall–Kier alpha value is -2.87. The van der Waals surface area contributed by atoms with Crippen LogP contribution < -0.4 is 14.8 Å². The average molecular weight is 404 g/mol. The van der Waals surface area contributed by atoms with E-state index in [2.05, 4.69) is 10.0 Å². The van der Waals surface area contributed by atoms with Gasteiger partial charge in [0.05, 0.1) is 12.1 Å². The van der Waals surface area contributed by atoms with Crippen LogP contribution in [0.1, 0.15) is 32.8 Å². The third-order valence-corrected chi connectivity index (χ3v) is 4.57. The lowest BCUT2D eigenvalue weighted by Crippen LogP contribution is -2.36. The van der Waals surface area contributed by atoms with E-state index in [4.69, 9.17) is 0 Å². The summed E-state index contributed by atoms with van der Waals surface area (Å²) in [6.45, 7) is 5.94. The first-order valence-corrected chi connectivity index (χ1v) is 10.3. The summed E-state index contributed by atoms with van der Waals surface area (Å²) in [5, 5.41) is 2.80. The molecule has 0 saturated heterocycles. The smallest absolute Gasteiger partial charge is 0.323 e. The van der Waals surface area contributed by atoms with Crippen LogP contribution >= 0.6 is 0 Å². The molecule has 0 unspecified atom stereocenters. The van der Waals surface area contributed by atoms with Crippen LogP contribution in [0.15, 0.2) is 54.6 Å². The van der Waals surface area contributed by atoms with Crippen LogP contribution in [-0.2, 0) is 26.2 Å². The molecule has 0 aliphatic heterocycles. The molecule has 2 aromatic carbocycles. The number of benzene rings is 2. The van der Waals surface area contributed by atoms with Crippen molar-refractivity contribution >= 4 is 33.4 Å². The maximum Gasteiger partial charge on any atom is 0.323 e. The van der Waals surface area contributed by atoms with Gasteiger partial charge in [-0.15, -0.1) is 0 Å². The molecular weight excluding hydrogens is 378 g/mol. The number of nitrogens with one attached hydrogen (secondary N) is 3. The molecular formula is C20H25N3O4S. The summed E-state index contributed by atoms with van der Waals surface area (Å²) in [7, 11) is -4.00. The number of carbonyl (C=O) groups is 2. The first-order valence-electron chi connectivity index (χ1n) is 8.80. The first-order chi connectivity index (χ1) is 13.0. The highest BCUT2D eigenvalue weighted by Crippen LogP contribution is 2.20. The van der Waals surface area contributed by atoms with Gasteiger partial charge in [-0.2, -0.15) is 8.42 Å². The molecule has 2 rings (SSSR count).